The molecule has 0 unspecified atom stereocenters. The van der Waals surface area contributed by atoms with Crippen molar-refractivity contribution in [3.05, 3.63) is 22.8 Å². The Morgan fingerprint density at radius 1 is 1.39 bits per heavy atom. The van der Waals surface area contributed by atoms with Gasteiger partial charge in [0.2, 0.25) is 0 Å². The lowest BCUT2D eigenvalue weighted by atomic mass is 10.2. The molecule has 1 aliphatic rings. The van der Waals surface area contributed by atoms with Gasteiger partial charge in [-0.15, -0.1) is 0 Å². The van der Waals surface area contributed by atoms with Crippen molar-refractivity contribution in [2.45, 2.75) is 0 Å². The molecular formula is C12H17ClN4O. The summed E-state index contributed by atoms with van der Waals surface area (Å²) in [6, 6.07) is 1.70. The molecule has 2 heterocycles. The van der Waals surface area contributed by atoms with Crippen LogP contribution in [0.5, 0.6) is 0 Å². The number of pyridine rings is 1. The van der Waals surface area contributed by atoms with Crippen LogP contribution >= 0.6 is 11.6 Å². The van der Waals surface area contributed by atoms with Gasteiger partial charge in [-0.3, -0.25) is 4.79 Å². The van der Waals surface area contributed by atoms with E-state index in [9.17, 15) is 4.79 Å². The molecule has 2 rings (SSSR count). The highest BCUT2D eigenvalue weighted by molar-refractivity contribution is 6.33. The highest BCUT2D eigenvalue weighted by atomic mass is 35.5. The number of likely N-dealkylation sites (N-methyl/N-ethyl adjacent to an activating group) is 1. The fraction of sp³-hybridized carbons (Fsp3) is 0.500. The minimum Gasteiger partial charge on any atom is -0.373 e. The molecule has 1 amide bonds. The third-order valence-electron chi connectivity index (χ3n) is 3.13. The van der Waals surface area contributed by atoms with Crippen LogP contribution in [0.2, 0.25) is 5.02 Å². The number of halogens is 1. The third-order valence-corrected chi connectivity index (χ3v) is 3.43. The van der Waals surface area contributed by atoms with Crippen molar-refractivity contribution in [2.75, 3.05) is 45.6 Å². The minimum atomic E-state index is -0.0213. The zero-order chi connectivity index (χ0) is 13.1. The van der Waals surface area contributed by atoms with Crippen molar-refractivity contribution in [1.82, 2.24) is 14.8 Å². The van der Waals surface area contributed by atoms with Gasteiger partial charge in [0.25, 0.3) is 5.91 Å². The number of aromatic nitrogens is 1. The molecule has 1 aliphatic heterocycles. The molecule has 18 heavy (non-hydrogen) atoms. The van der Waals surface area contributed by atoms with Crippen molar-refractivity contribution in [1.29, 1.82) is 0 Å². The number of nitrogens with one attached hydrogen (secondary N) is 1. The van der Waals surface area contributed by atoms with Gasteiger partial charge in [-0.1, -0.05) is 11.6 Å². The average molecular weight is 269 g/mol. The van der Waals surface area contributed by atoms with Crippen molar-refractivity contribution in [3.63, 3.8) is 0 Å². The maximum atomic E-state index is 12.4. The van der Waals surface area contributed by atoms with E-state index in [4.69, 9.17) is 11.6 Å². The van der Waals surface area contributed by atoms with Gasteiger partial charge >= 0.3 is 0 Å². The molecule has 1 fully saturated rings. The summed E-state index contributed by atoms with van der Waals surface area (Å²) >= 11 is 6.05. The molecule has 0 radical (unpaired) electrons. The minimum absolute atomic E-state index is 0.0213. The predicted molar refractivity (Wildman–Crippen MR) is 72.2 cm³/mol. The SMILES string of the molecule is CNc1cc(C(=O)N2CCN(C)CC2)c(Cl)cn1. The van der Waals surface area contributed by atoms with Crippen molar-refractivity contribution >= 4 is 23.3 Å². The summed E-state index contributed by atoms with van der Waals surface area (Å²) in [7, 11) is 3.82. The lowest BCUT2D eigenvalue weighted by Gasteiger charge is -2.32. The molecular weight excluding hydrogens is 252 g/mol. The second-order valence-electron chi connectivity index (χ2n) is 4.39. The second kappa shape index (κ2) is 5.54. The summed E-state index contributed by atoms with van der Waals surface area (Å²) in [5.74, 6) is 0.629. The topological polar surface area (TPSA) is 48.5 Å². The Bertz CT molecular complexity index is 444. The number of hydrogen-bond donors (Lipinski definition) is 1. The van der Waals surface area contributed by atoms with E-state index in [1.807, 2.05) is 4.90 Å². The first-order chi connectivity index (χ1) is 8.61. The second-order valence-corrected chi connectivity index (χ2v) is 4.80. The monoisotopic (exact) mass is 268 g/mol. The van der Waals surface area contributed by atoms with Crippen molar-refractivity contribution in [3.8, 4) is 0 Å². The number of carbonyl (C=O) groups excluding carboxylic acids is 1. The summed E-state index contributed by atoms with van der Waals surface area (Å²) in [4.78, 5) is 20.5. The number of piperazine rings is 1. The first-order valence-electron chi connectivity index (χ1n) is 5.93. The van der Waals surface area contributed by atoms with Crippen LogP contribution in [0.15, 0.2) is 12.3 Å². The summed E-state index contributed by atoms with van der Waals surface area (Å²) < 4.78 is 0. The van der Waals surface area contributed by atoms with Crippen LogP contribution in [0.3, 0.4) is 0 Å². The van der Waals surface area contributed by atoms with Crippen LogP contribution in [-0.2, 0) is 0 Å². The Balaban J connectivity index is 2.17. The van der Waals surface area contributed by atoms with E-state index in [0.717, 1.165) is 26.2 Å². The van der Waals surface area contributed by atoms with Crippen LogP contribution in [0.4, 0.5) is 5.82 Å². The quantitative estimate of drug-likeness (QED) is 0.875. The molecule has 0 saturated carbocycles. The standard InChI is InChI=1S/C12H17ClN4O/c1-14-11-7-9(10(13)8-15-11)12(18)17-5-3-16(2)4-6-17/h7-8H,3-6H2,1-2H3,(H,14,15). The van der Waals surface area contributed by atoms with Gasteiger partial charge in [-0.25, -0.2) is 4.98 Å². The average Bonchev–Trinajstić information content (AvgIpc) is 2.39. The normalized spacial score (nSPS) is 16.7. The Morgan fingerprint density at radius 3 is 2.67 bits per heavy atom. The number of amides is 1. The van der Waals surface area contributed by atoms with Crippen LogP contribution in [0, 0.1) is 0 Å². The van der Waals surface area contributed by atoms with E-state index in [2.05, 4.69) is 22.2 Å². The summed E-state index contributed by atoms with van der Waals surface area (Å²) in [6.07, 6.45) is 1.51. The molecule has 1 saturated heterocycles. The Labute approximate surface area is 112 Å². The Kier molecular flexibility index (Phi) is 4.04. The maximum Gasteiger partial charge on any atom is 0.255 e. The summed E-state index contributed by atoms with van der Waals surface area (Å²) in [5.41, 5.74) is 0.514. The van der Waals surface area contributed by atoms with Gasteiger partial charge in [-0.05, 0) is 13.1 Å². The number of carbonyl (C=O) groups is 1. The molecule has 6 heteroatoms. The van der Waals surface area contributed by atoms with Crippen molar-refractivity contribution in [2.24, 2.45) is 0 Å². The molecule has 1 N–H and O–H groups in total. The van der Waals surface area contributed by atoms with E-state index in [1.54, 1.807) is 13.1 Å². The molecule has 0 atom stereocenters. The molecule has 0 aromatic carbocycles. The summed E-state index contributed by atoms with van der Waals surface area (Å²) in [5, 5.41) is 3.31. The van der Waals surface area contributed by atoms with Crippen LogP contribution in [0.25, 0.3) is 0 Å². The number of nitrogens with zero attached hydrogens (tertiary/aromatic N) is 3. The van der Waals surface area contributed by atoms with Gasteiger partial charge in [0.05, 0.1) is 10.6 Å². The maximum absolute atomic E-state index is 12.4. The van der Waals surface area contributed by atoms with Gasteiger partial charge in [0, 0.05) is 39.4 Å². The number of rotatable bonds is 2. The largest absolute Gasteiger partial charge is 0.373 e. The van der Waals surface area contributed by atoms with Crippen LogP contribution in [0.1, 0.15) is 10.4 Å². The number of anilines is 1. The van der Waals surface area contributed by atoms with Crippen LogP contribution in [-0.4, -0.2) is 61.0 Å². The molecule has 98 valence electrons. The smallest absolute Gasteiger partial charge is 0.255 e. The van der Waals surface area contributed by atoms with Gasteiger partial charge in [0.15, 0.2) is 0 Å². The van der Waals surface area contributed by atoms with Gasteiger partial charge in [-0.2, -0.15) is 0 Å². The first-order valence-corrected chi connectivity index (χ1v) is 6.30. The van der Waals surface area contributed by atoms with E-state index in [-0.39, 0.29) is 5.91 Å². The lowest BCUT2D eigenvalue weighted by Crippen LogP contribution is -2.47. The molecule has 1 aromatic rings. The van der Waals surface area contributed by atoms with Gasteiger partial charge < -0.3 is 15.1 Å². The van der Waals surface area contributed by atoms with E-state index >= 15 is 0 Å². The van der Waals surface area contributed by atoms with Crippen LogP contribution < -0.4 is 5.32 Å². The zero-order valence-corrected chi connectivity index (χ0v) is 11.4. The Hall–Kier alpha value is -1.33. The lowest BCUT2D eigenvalue weighted by molar-refractivity contribution is 0.0664. The molecule has 0 aliphatic carbocycles. The predicted octanol–water partition coefficient (Wildman–Crippen LogP) is 1.16. The molecule has 1 aromatic heterocycles. The highest BCUT2D eigenvalue weighted by Gasteiger charge is 2.22. The van der Waals surface area contributed by atoms with Gasteiger partial charge in [0.1, 0.15) is 5.82 Å². The zero-order valence-electron chi connectivity index (χ0n) is 10.6. The van der Waals surface area contributed by atoms with Crippen molar-refractivity contribution < 1.29 is 4.79 Å². The van der Waals surface area contributed by atoms with E-state index in [0.29, 0.717) is 16.4 Å². The fourth-order valence-corrected chi connectivity index (χ4v) is 2.10. The number of hydrogen-bond acceptors (Lipinski definition) is 4. The third kappa shape index (κ3) is 2.73. The first kappa shape index (κ1) is 13.1. The molecule has 0 spiro atoms. The summed E-state index contributed by atoms with van der Waals surface area (Å²) in [6.45, 7) is 3.27. The van der Waals surface area contributed by atoms with E-state index < -0.39 is 0 Å². The van der Waals surface area contributed by atoms with E-state index in [1.165, 1.54) is 6.20 Å². The highest BCUT2D eigenvalue weighted by Crippen LogP contribution is 2.20. The molecule has 0 bridgehead atoms. The molecule has 5 nitrogen and oxygen atoms in total. The fourth-order valence-electron chi connectivity index (χ4n) is 1.92. The Morgan fingerprint density at radius 2 is 2.06 bits per heavy atom.